The van der Waals surface area contributed by atoms with Crippen LogP contribution in [0.5, 0.6) is 0 Å². The normalized spacial score (nSPS) is 17.4. The molecule has 33 heavy (non-hydrogen) atoms. The van der Waals surface area contributed by atoms with E-state index in [-0.39, 0.29) is 17.7 Å². The Morgan fingerprint density at radius 2 is 1.67 bits per heavy atom. The third-order valence-corrected chi connectivity index (χ3v) is 6.32. The fraction of sp³-hybridized carbons (Fsp3) is 0.222. The van der Waals surface area contributed by atoms with Crippen LogP contribution in [-0.2, 0) is 17.9 Å². The van der Waals surface area contributed by atoms with Crippen LogP contribution < -0.4 is 10.2 Å². The molecule has 0 bridgehead atoms. The van der Waals surface area contributed by atoms with Gasteiger partial charge in [-0.2, -0.15) is 0 Å². The van der Waals surface area contributed by atoms with Gasteiger partial charge in [-0.05, 0) is 48.2 Å². The van der Waals surface area contributed by atoms with Crippen LogP contribution in [0.15, 0.2) is 78.9 Å². The topological polar surface area (TPSA) is 69.7 Å². The van der Waals surface area contributed by atoms with Gasteiger partial charge in [-0.3, -0.25) is 14.4 Å². The molecular weight excluding hydrogens is 414 g/mol. The van der Waals surface area contributed by atoms with Crippen LogP contribution in [0.2, 0.25) is 0 Å². The van der Waals surface area contributed by atoms with Crippen molar-refractivity contribution in [1.29, 1.82) is 0 Å². The van der Waals surface area contributed by atoms with Crippen molar-refractivity contribution in [2.75, 3.05) is 11.4 Å². The first-order valence-electron chi connectivity index (χ1n) is 11.2. The van der Waals surface area contributed by atoms with Gasteiger partial charge >= 0.3 is 0 Å². The first-order chi connectivity index (χ1) is 16.1. The standard InChI is InChI=1S/C27H25N3O3/c31-25(28-17-19-8-2-1-3-9-19)21-11-6-10-20(16-21)18-30-23-13-5-4-12-22(23)26(32)29-15-7-14-24(29)27(30)33/h1-6,8-13,16,24H,7,14-15,17-18H2,(H,28,31)/t24-/m1/s1. The van der Waals surface area contributed by atoms with Crippen molar-refractivity contribution in [3.63, 3.8) is 0 Å². The molecule has 0 saturated carbocycles. The van der Waals surface area contributed by atoms with Gasteiger partial charge in [0.05, 0.1) is 17.8 Å². The number of anilines is 1. The molecule has 0 unspecified atom stereocenters. The number of hydrogen-bond donors (Lipinski definition) is 1. The molecule has 1 N–H and O–H groups in total. The Morgan fingerprint density at radius 3 is 2.52 bits per heavy atom. The highest BCUT2D eigenvalue weighted by Gasteiger charge is 2.41. The van der Waals surface area contributed by atoms with Crippen LogP contribution in [0.4, 0.5) is 5.69 Å². The summed E-state index contributed by atoms with van der Waals surface area (Å²) in [5.41, 5.74) is 3.58. The highest BCUT2D eigenvalue weighted by Crippen LogP contribution is 2.33. The summed E-state index contributed by atoms with van der Waals surface area (Å²) in [6.07, 6.45) is 1.51. The van der Waals surface area contributed by atoms with E-state index in [4.69, 9.17) is 0 Å². The zero-order chi connectivity index (χ0) is 22.8. The van der Waals surface area contributed by atoms with Crippen molar-refractivity contribution in [1.82, 2.24) is 10.2 Å². The number of fused-ring (bicyclic) bond motifs is 2. The van der Waals surface area contributed by atoms with E-state index < -0.39 is 6.04 Å². The van der Waals surface area contributed by atoms with Crippen molar-refractivity contribution in [2.24, 2.45) is 0 Å². The van der Waals surface area contributed by atoms with Crippen molar-refractivity contribution in [3.05, 3.63) is 101 Å². The van der Waals surface area contributed by atoms with Crippen LogP contribution in [0.25, 0.3) is 0 Å². The smallest absolute Gasteiger partial charge is 0.256 e. The van der Waals surface area contributed by atoms with Gasteiger partial charge in [-0.25, -0.2) is 0 Å². The summed E-state index contributed by atoms with van der Waals surface area (Å²) in [5.74, 6) is -0.317. The molecule has 2 heterocycles. The quantitative estimate of drug-likeness (QED) is 0.658. The molecule has 2 aliphatic rings. The summed E-state index contributed by atoms with van der Waals surface area (Å²) in [5, 5.41) is 2.95. The first kappa shape index (κ1) is 20.9. The molecule has 0 radical (unpaired) electrons. The summed E-state index contributed by atoms with van der Waals surface area (Å²) >= 11 is 0. The SMILES string of the molecule is O=C(NCc1ccccc1)c1cccc(CN2C(=O)[C@H]3CCCN3C(=O)c3ccccc32)c1. The lowest BCUT2D eigenvalue weighted by Gasteiger charge is -2.26. The molecule has 166 valence electrons. The van der Waals surface area contributed by atoms with Crippen molar-refractivity contribution in [3.8, 4) is 0 Å². The maximum absolute atomic E-state index is 13.5. The summed E-state index contributed by atoms with van der Waals surface area (Å²) in [4.78, 5) is 42.7. The number of rotatable bonds is 5. The minimum atomic E-state index is -0.428. The molecule has 3 aromatic rings. The summed E-state index contributed by atoms with van der Waals surface area (Å²) in [7, 11) is 0. The first-order valence-corrected chi connectivity index (χ1v) is 11.2. The Hall–Kier alpha value is -3.93. The predicted molar refractivity (Wildman–Crippen MR) is 126 cm³/mol. The number of carbonyl (C=O) groups excluding carboxylic acids is 3. The largest absolute Gasteiger partial charge is 0.348 e. The van der Waals surface area contributed by atoms with Crippen molar-refractivity contribution in [2.45, 2.75) is 32.0 Å². The van der Waals surface area contributed by atoms with Crippen molar-refractivity contribution >= 4 is 23.4 Å². The summed E-state index contributed by atoms with van der Waals surface area (Å²) in [6, 6.07) is 23.9. The van der Waals surface area contributed by atoms with Gasteiger partial charge in [0.2, 0.25) is 5.91 Å². The Labute approximate surface area is 192 Å². The van der Waals surface area contributed by atoms with Crippen LogP contribution in [0, 0.1) is 0 Å². The summed E-state index contributed by atoms with van der Waals surface area (Å²) < 4.78 is 0. The Bertz CT molecular complexity index is 1210. The second-order valence-corrected chi connectivity index (χ2v) is 8.47. The highest BCUT2D eigenvalue weighted by atomic mass is 16.2. The fourth-order valence-electron chi connectivity index (χ4n) is 4.65. The molecular formula is C27H25N3O3. The molecule has 5 rings (SSSR count). The maximum atomic E-state index is 13.5. The number of amides is 3. The Kier molecular flexibility index (Phi) is 5.65. The lowest BCUT2D eigenvalue weighted by molar-refractivity contribution is -0.122. The third-order valence-electron chi connectivity index (χ3n) is 6.32. The maximum Gasteiger partial charge on any atom is 0.256 e. The molecule has 1 atom stereocenters. The number of nitrogens with zero attached hydrogens (tertiary/aromatic N) is 2. The number of hydrogen-bond acceptors (Lipinski definition) is 3. The van der Waals surface area contributed by atoms with Crippen LogP contribution >= 0.6 is 0 Å². The fourth-order valence-corrected chi connectivity index (χ4v) is 4.65. The number of nitrogens with one attached hydrogen (secondary N) is 1. The number of para-hydroxylation sites is 1. The minimum Gasteiger partial charge on any atom is -0.348 e. The molecule has 6 nitrogen and oxygen atoms in total. The monoisotopic (exact) mass is 439 g/mol. The van der Waals surface area contributed by atoms with E-state index in [0.717, 1.165) is 17.5 Å². The van der Waals surface area contributed by atoms with Gasteiger partial charge in [0, 0.05) is 18.7 Å². The van der Waals surface area contributed by atoms with Gasteiger partial charge in [0.15, 0.2) is 0 Å². The zero-order valence-electron chi connectivity index (χ0n) is 18.2. The third kappa shape index (κ3) is 4.12. The minimum absolute atomic E-state index is 0.0651. The molecule has 1 saturated heterocycles. The molecule has 0 spiro atoms. The number of carbonyl (C=O) groups is 3. The van der Waals surface area contributed by atoms with Gasteiger partial charge < -0.3 is 15.1 Å². The zero-order valence-corrected chi connectivity index (χ0v) is 18.2. The van der Waals surface area contributed by atoms with E-state index in [1.165, 1.54) is 0 Å². The Morgan fingerprint density at radius 1 is 0.909 bits per heavy atom. The molecule has 3 aromatic carbocycles. The van der Waals surface area contributed by atoms with Gasteiger partial charge in [-0.15, -0.1) is 0 Å². The highest BCUT2D eigenvalue weighted by molar-refractivity contribution is 6.11. The van der Waals surface area contributed by atoms with E-state index in [0.29, 0.717) is 42.9 Å². The Balaban J connectivity index is 1.39. The van der Waals surface area contributed by atoms with Crippen LogP contribution in [-0.4, -0.2) is 35.2 Å². The molecule has 0 aromatic heterocycles. The average molecular weight is 440 g/mol. The van der Waals surface area contributed by atoms with E-state index in [1.54, 1.807) is 21.9 Å². The lowest BCUT2D eigenvalue weighted by atomic mass is 10.1. The molecule has 0 aliphatic carbocycles. The second-order valence-electron chi connectivity index (χ2n) is 8.47. The van der Waals surface area contributed by atoms with Crippen LogP contribution in [0.1, 0.15) is 44.7 Å². The van der Waals surface area contributed by atoms with E-state index in [2.05, 4.69) is 5.32 Å². The predicted octanol–water partition coefficient (Wildman–Crippen LogP) is 3.77. The van der Waals surface area contributed by atoms with Crippen molar-refractivity contribution < 1.29 is 14.4 Å². The average Bonchev–Trinajstić information content (AvgIpc) is 3.33. The molecule has 6 heteroatoms. The molecule has 3 amide bonds. The number of benzene rings is 3. The second kappa shape index (κ2) is 8.90. The summed E-state index contributed by atoms with van der Waals surface area (Å²) in [6.45, 7) is 1.35. The van der Waals surface area contributed by atoms with E-state index in [9.17, 15) is 14.4 Å². The molecule has 2 aliphatic heterocycles. The lowest BCUT2D eigenvalue weighted by Crippen LogP contribution is -2.44. The van der Waals surface area contributed by atoms with Gasteiger partial charge in [0.1, 0.15) is 6.04 Å². The van der Waals surface area contributed by atoms with Gasteiger partial charge in [0.25, 0.3) is 11.8 Å². The van der Waals surface area contributed by atoms with E-state index >= 15 is 0 Å². The molecule has 1 fully saturated rings. The van der Waals surface area contributed by atoms with E-state index in [1.807, 2.05) is 66.7 Å². The van der Waals surface area contributed by atoms with Gasteiger partial charge in [-0.1, -0.05) is 54.6 Å². The van der Waals surface area contributed by atoms with Crippen LogP contribution in [0.3, 0.4) is 0 Å².